The summed E-state index contributed by atoms with van der Waals surface area (Å²) in [7, 11) is 0. The Morgan fingerprint density at radius 1 is 0.947 bits per heavy atom. The van der Waals surface area contributed by atoms with Crippen molar-refractivity contribution in [3.63, 3.8) is 0 Å². The molecule has 106 valence electrons. The largest absolute Gasteiger partial charge is 0.339 e. The molecule has 2 saturated heterocycles. The number of piperazine rings is 1. The Bertz CT molecular complexity index is 373. The summed E-state index contributed by atoms with van der Waals surface area (Å²) in [6.07, 6.45) is 2.12. The Morgan fingerprint density at radius 2 is 1.53 bits per heavy atom. The second-order valence-corrected chi connectivity index (χ2v) is 6.17. The third-order valence-corrected chi connectivity index (χ3v) is 4.66. The van der Waals surface area contributed by atoms with Gasteiger partial charge >= 0.3 is 0 Å². The summed E-state index contributed by atoms with van der Waals surface area (Å²) in [6, 6.07) is 0. The number of rotatable bonds is 2. The molecule has 5 heteroatoms. The van der Waals surface area contributed by atoms with E-state index in [1.807, 2.05) is 9.80 Å². The van der Waals surface area contributed by atoms with Crippen molar-refractivity contribution in [3.05, 3.63) is 0 Å². The molecule has 5 nitrogen and oxygen atoms in total. The van der Waals surface area contributed by atoms with E-state index in [1.54, 1.807) is 0 Å². The lowest BCUT2D eigenvalue weighted by atomic mass is 9.96. The van der Waals surface area contributed by atoms with Crippen LogP contribution in [0.5, 0.6) is 0 Å². The van der Waals surface area contributed by atoms with Crippen LogP contribution in [0.4, 0.5) is 0 Å². The summed E-state index contributed by atoms with van der Waals surface area (Å²) in [5.74, 6) is 1.43. The minimum atomic E-state index is 0.130. The molecule has 2 unspecified atom stereocenters. The number of amides is 2. The smallest absolute Gasteiger partial charge is 0.227 e. The number of carbonyl (C=O) groups is 2. The lowest BCUT2D eigenvalue weighted by Gasteiger charge is -2.36. The molecule has 3 fully saturated rings. The molecule has 3 rings (SSSR count). The summed E-state index contributed by atoms with van der Waals surface area (Å²) in [5, 5.41) is 3.28. The SMILES string of the molecule is CC1CNCC1C(=O)N1CCN(C(=O)C2CC2)CC1. The molecular formula is C14H23N3O2. The van der Waals surface area contributed by atoms with Gasteiger partial charge in [0.2, 0.25) is 11.8 Å². The Hall–Kier alpha value is -1.10. The van der Waals surface area contributed by atoms with Gasteiger partial charge in [-0.1, -0.05) is 6.92 Å². The van der Waals surface area contributed by atoms with Gasteiger partial charge in [-0.05, 0) is 25.3 Å². The second kappa shape index (κ2) is 5.12. The van der Waals surface area contributed by atoms with Crippen molar-refractivity contribution in [1.29, 1.82) is 0 Å². The molecule has 0 aromatic rings. The number of hydrogen-bond donors (Lipinski definition) is 1. The maximum absolute atomic E-state index is 12.4. The van der Waals surface area contributed by atoms with E-state index in [1.165, 1.54) is 0 Å². The molecule has 0 bridgehead atoms. The third-order valence-electron chi connectivity index (χ3n) is 4.66. The highest BCUT2D eigenvalue weighted by molar-refractivity contribution is 5.82. The van der Waals surface area contributed by atoms with E-state index in [0.717, 1.165) is 39.0 Å². The molecule has 0 aromatic carbocycles. The molecule has 1 saturated carbocycles. The van der Waals surface area contributed by atoms with E-state index in [9.17, 15) is 9.59 Å². The zero-order valence-corrected chi connectivity index (χ0v) is 11.6. The lowest BCUT2D eigenvalue weighted by Crippen LogP contribution is -2.53. The predicted octanol–water partition coefficient (Wildman–Crippen LogP) is -0.0773. The summed E-state index contributed by atoms with van der Waals surface area (Å²) in [6.45, 7) is 6.74. The number of hydrogen-bond acceptors (Lipinski definition) is 3. The van der Waals surface area contributed by atoms with Crippen LogP contribution in [0.1, 0.15) is 19.8 Å². The minimum absolute atomic E-state index is 0.130. The van der Waals surface area contributed by atoms with Crippen LogP contribution in [-0.4, -0.2) is 60.9 Å². The second-order valence-electron chi connectivity index (χ2n) is 6.17. The lowest BCUT2D eigenvalue weighted by molar-refractivity contribution is -0.143. The monoisotopic (exact) mass is 265 g/mol. The molecule has 3 aliphatic rings. The highest BCUT2D eigenvalue weighted by Crippen LogP contribution is 2.31. The maximum Gasteiger partial charge on any atom is 0.227 e. The molecule has 0 radical (unpaired) electrons. The number of carbonyl (C=O) groups excluding carboxylic acids is 2. The van der Waals surface area contributed by atoms with Crippen molar-refractivity contribution in [1.82, 2.24) is 15.1 Å². The molecule has 0 spiro atoms. The fraction of sp³-hybridized carbons (Fsp3) is 0.857. The number of nitrogens with one attached hydrogen (secondary N) is 1. The third kappa shape index (κ3) is 2.61. The molecule has 2 amide bonds. The first-order chi connectivity index (χ1) is 9.16. The Labute approximate surface area is 114 Å². The first-order valence-corrected chi connectivity index (χ1v) is 7.45. The minimum Gasteiger partial charge on any atom is -0.339 e. The van der Waals surface area contributed by atoms with Crippen molar-refractivity contribution in [2.24, 2.45) is 17.8 Å². The van der Waals surface area contributed by atoms with Crippen molar-refractivity contribution >= 4 is 11.8 Å². The van der Waals surface area contributed by atoms with Crippen LogP contribution in [0.25, 0.3) is 0 Å². The quantitative estimate of drug-likeness (QED) is 0.760. The van der Waals surface area contributed by atoms with Gasteiger partial charge in [-0.15, -0.1) is 0 Å². The molecule has 2 aliphatic heterocycles. The molecule has 2 heterocycles. The van der Waals surface area contributed by atoms with Gasteiger partial charge in [0.05, 0.1) is 5.92 Å². The summed E-state index contributed by atoms with van der Waals surface area (Å²) >= 11 is 0. The van der Waals surface area contributed by atoms with E-state index in [2.05, 4.69) is 12.2 Å². The zero-order chi connectivity index (χ0) is 13.4. The Balaban J connectivity index is 1.51. The standard InChI is InChI=1S/C14H23N3O2/c1-10-8-15-9-12(10)14(19)17-6-4-16(5-7-17)13(18)11-2-3-11/h10-12,15H,2-9H2,1H3. The maximum atomic E-state index is 12.4. The van der Waals surface area contributed by atoms with Crippen LogP contribution >= 0.6 is 0 Å². The van der Waals surface area contributed by atoms with Gasteiger partial charge in [-0.2, -0.15) is 0 Å². The topological polar surface area (TPSA) is 52.7 Å². The van der Waals surface area contributed by atoms with Crippen LogP contribution in [0.3, 0.4) is 0 Å². The van der Waals surface area contributed by atoms with E-state index in [4.69, 9.17) is 0 Å². The van der Waals surface area contributed by atoms with E-state index in [-0.39, 0.29) is 11.8 Å². The van der Waals surface area contributed by atoms with Crippen molar-refractivity contribution in [2.75, 3.05) is 39.3 Å². The normalized spacial score (nSPS) is 31.6. The molecule has 0 aromatic heterocycles. The molecule has 1 aliphatic carbocycles. The fourth-order valence-corrected chi connectivity index (χ4v) is 3.11. The van der Waals surface area contributed by atoms with Gasteiger partial charge in [0.1, 0.15) is 0 Å². The van der Waals surface area contributed by atoms with Crippen LogP contribution in [0, 0.1) is 17.8 Å². The Kier molecular flexibility index (Phi) is 3.48. The summed E-state index contributed by atoms with van der Waals surface area (Å²) in [5.41, 5.74) is 0. The van der Waals surface area contributed by atoms with Gasteiger partial charge in [-0.3, -0.25) is 9.59 Å². The van der Waals surface area contributed by atoms with Crippen LogP contribution in [0.2, 0.25) is 0 Å². The zero-order valence-electron chi connectivity index (χ0n) is 11.6. The van der Waals surface area contributed by atoms with Crippen LogP contribution in [0.15, 0.2) is 0 Å². The van der Waals surface area contributed by atoms with E-state index < -0.39 is 0 Å². The van der Waals surface area contributed by atoms with Gasteiger partial charge in [0.25, 0.3) is 0 Å². The average molecular weight is 265 g/mol. The van der Waals surface area contributed by atoms with Crippen LogP contribution in [-0.2, 0) is 9.59 Å². The van der Waals surface area contributed by atoms with Gasteiger partial charge in [-0.25, -0.2) is 0 Å². The summed E-state index contributed by atoms with van der Waals surface area (Å²) in [4.78, 5) is 28.3. The predicted molar refractivity (Wildman–Crippen MR) is 71.4 cm³/mol. The van der Waals surface area contributed by atoms with Gasteiger partial charge in [0.15, 0.2) is 0 Å². The van der Waals surface area contributed by atoms with Crippen molar-refractivity contribution < 1.29 is 9.59 Å². The Morgan fingerprint density at radius 3 is 2.00 bits per heavy atom. The highest BCUT2D eigenvalue weighted by Gasteiger charge is 2.37. The molecule has 19 heavy (non-hydrogen) atoms. The first-order valence-electron chi connectivity index (χ1n) is 7.45. The first kappa shape index (κ1) is 12.9. The van der Waals surface area contributed by atoms with Crippen molar-refractivity contribution in [3.8, 4) is 0 Å². The molecular weight excluding hydrogens is 242 g/mol. The van der Waals surface area contributed by atoms with Crippen molar-refractivity contribution in [2.45, 2.75) is 19.8 Å². The average Bonchev–Trinajstić information content (AvgIpc) is 3.20. The van der Waals surface area contributed by atoms with Crippen LogP contribution < -0.4 is 5.32 Å². The molecule has 2 atom stereocenters. The highest BCUT2D eigenvalue weighted by atomic mass is 16.2. The molecule has 1 N–H and O–H groups in total. The fourth-order valence-electron chi connectivity index (χ4n) is 3.11. The van der Waals surface area contributed by atoms with Gasteiger partial charge in [0, 0.05) is 38.6 Å². The summed E-state index contributed by atoms with van der Waals surface area (Å²) < 4.78 is 0. The van der Waals surface area contributed by atoms with Gasteiger partial charge < -0.3 is 15.1 Å². The van der Waals surface area contributed by atoms with E-state index in [0.29, 0.717) is 30.8 Å². The van der Waals surface area contributed by atoms with E-state index >= 15 is 0 Å². The number of nitrogens with zero attached hydrogens (tertiary/aromatic N) is 2.